The Morgan fingerprint density at radius 2 is 2.38 bits per heavy atom. The molecule has 1 aromatic rings. The van der Waals surface area contributed by atoms with Crippen LogP contribution in [0, 0.1) is 5.92 Å². The summed E-state index contributed by atoms with van der Waals surface area (Å²) in [7, 11) is 1.68. The molecule has 0 bridgehead atoms. The van der Waals surface area contributed by atoms with Gasteiger partial charge in [0.2, 0.25) is 5.91 Å². The zero-order valence-corrected chi connectivity index (χ0v) is 9.74. The van der Waals surface area contributed by atoms with Gasteiger partial charge in [-0.3, -0.25) is 9.59 Å². The number of carbonyl (C=O) groups excluding carboxylic acids is 1. The number of hydrogen-bond acceptors (Lipinski definition) is 3. The van der Waals surface area contributed by atoms with Crippen LogP contribution in [0.1, 0.15) is 23.8 Å². The number of carboxylic acids is 1. The van der Waals surface area contributed by atoms with E-state index in [1.807, 2.05) is 17.5 Å². The molecule has 2 heterocycles. The molecular weight excluding hydrogens is 226 g/mol. The van der Waals surface area contributed by atoms with Crippen LogP contribution in [0.25, 0.3) is 0 Å². The molecule has 0 spiro atoms. The van der Waals surface area contributed by atoms with Gasteiger partial charge in [0.05, 0.1) is 12.0 Å². The van der Waals surface area contributed by atoms with Gasteiger partial charge in [-0.1, -0.05) is 6.07 Å². The average molecular weight is 239 g/mol. The lowest BCUT2D eigenvalue weighted by molar-refractivity contribution is -0.150. The van der Waals surface area contributed by atoms with Crippen LogP contribution in [0.3, 0.4) is 0 Å². The number of amides is 1. The predicted molar refractivity (Wildman–Crippen MR) is 60.2 cm³/mol. The maximum atomic E-state index is 11.6. The lowest BCUT2D eigenvalue weighted by atomic mass is 9.88. The van der Waals surface area contributed by atoms with Gasteiger partial charge in [-0.05, 0) is 17.9 Å². The molecule has 0 saturated carbocycles. The highest BCUT2D eigenvalue weighted by Crippen LogP contribution is 2.37. The minimum Gasteiger partial charge on any atom is -0.481 e. The van der Waals surface area contributed by atoms with E-state index in [9.17, 15) is 14.7 Å². The van der Waals surface area contributed by atoms with Crippen molar-refractivity contribution in [2.75, 3.05) is 7.05 Å². The topological polar surface area (TPSA) is 57.6 Å². The van der Waals surface area contributed by atoms with Crippen LogP contribution in [0.15, 0.2) is 17.5 Å². The number of carboxylic acid groups (broad SMARTS) is 1. The van der Waals surface area contributed by atoms with Crippen molar-refractivity contribution in [3.05, 3.63) is 22.4 Å². The van der Waals surface area contributed by atoms with Gasteiger partial charge in [-0.15, -0.1) is 11.3 Å². The molecule has 86 valence electrons. The van der Waals surface area contributed by atoms with Crippen molar-refractivity contribution in [3.63, 3.8) is 0 Å². The molecule has 0 radical (unpaired) electrons. The van der Waals surface area contributed by atoms with Gasteiger partial charge >= 0.3 is 5.97 Å². The smallest absolute Gasteiger partial charge is 0.308 e. The number of nitrogens with zero attached hydrogens (tertiary/aromatic N) is 1. The molecule has 1 aromatic heterocycles. The summed E-state index contributed by atoms with van der Waals surface area (Å²) in [5.41, 5.74) is 0. The molecule has 2 rings (SSSR count). The summed E-state index contributed by atoms with van der Waals surface area (Å²) in [5, 5.41) is 11.1. The molecule has 1 aliphatic rings. The number of piperidine rings is 1. The largest absolute Gasteiger partial charge is 0.481 e. The zero-order valence-electron chi connectivity index (χ0n) is 8.92. The molecule has 0 aliphatic carbocycles. The van der Waals surface area contributed by atoms with Gasteiger partial charge in [0.1, 0.15) is 0 Å². The maximum absolute atomic E-state index is 11.6. The molecule has 0 aromatic carbocycles. The van der Waals surface area contributed by atoms with Gasteiger partial charge in [0, 0.05) is 18.3 Å². The Kier molecular flexibility index (Phi) is 2.96. The summed E-state index contributed by atoms with van der Waals surface area (Å²) >= 11 is 1.50. The van der Waals surface area contributed by atoms with Crippen molar-refractivity contribution in [1.29, 1.82) is 0 Å². The lowest BCUT2D eigenvalue weighted by Gasteiger charge is -2.36. The number of carbonyl (C=O) groups is 2. The molecule has 1 aliphatic heterocycles. The van der Waals surface area contributed by atoms with Crippen molar-refractivity contribution in [3.8, 4) is 0 Å². The average Bonchev–Trinajstić information content (AvgIpc) is 2.74. The summed E-state index contributed by atoms with van der Waals surface area (Å²) in [6, 6.07) is 3.46. The van der Waals surface area contributed by atoms with Crippen LogP contribution in [0.2, 0.25) is 0 Å². The number of likely N-dealkylation sites (tertiary alicyclic amines) is 1. The predicted octanol–water partition coefficient (Wildman–Crippen LogP) is 1.74. The fourth-order valence-corrected chi connectivity index (χ4v) is 3.08. The molecule has 2 atom stereocenters. The molecule has 16 heavy (non-hydrogen) atoms. The Labute approximate surface area is 97.5 Å². The molecule has 1 saturated heterocycles. The van der Waals surface area contributed by atoms with E-state index in [-0.39, 0.29) is 11.9 Å². The number of hydrogen-bond donors (Lipinski definition) is 1. The van der Waals surface area contributed by atoms with E-state index < -0.39 is 11.9 Å². The van der Waals surface area contributed by atoms with E-state index >= 15 is 0 Å². The quantitative estimate of drug-likeness (QED) is 0.855. The standard InChI is InChI=1S/C11H13NO3S/c1-12-9(13)5-4-7(11(14)15)10(12)8-3-2-6-16-8/h2-3,6-7,10H,4-5H2,1H3,(H,14,15)/t7-,10-/m0/s1. The monoisotopic (exact) mass is 239 g/mol. The minimum atomic E-state index is -0.822. The van der Waals surface area contributed by atoms with E-state index in [1.54, 1.807) is 11.9 Å². The maximum Gasteiger partial charge on any atom is 0.308 e. The third kappa shape index (κ3) is 1.82. The van der Waals surface area contributed by atoms with E-state index in [1.165, 1.54) is 11.3 Å². The normalized spacial score (nSPS) is 25.8. The summed E-state index contributed by atoms with van der Waals surface area (Å²) in [6.45, 7) is 0. The number of rotatable bonds is 2. The molecule has 1 amide bonds. The van der Waals surface area contributed by atoms with Crippen LogP contribution in [0.5, 0.6) is 0 Å². The molecule has 1 N–H and O–H groups in total. The highest BCUT2D eigenvalue weighted by molar-refractivity contribution is 7.10. The number of aliphatic carboxylic acids is 1. The van der Waals surface area contributed by atoms with Gasteiger partial charge < -0.3 is 10.0 Å². The SMILES string of the molecule is CN1C(=O)CC[C@H](C(=O)O)[C@H]1c1cccs1. The van der Waals surface area contributed by atoms with Gasteiger partial charge in [-0.25, -0.2) is 0 Å². The van der Waals surface area contributed by atoms with Gasteiger partial charge in [-0.2, -0.15) is 0 Å². The first kappa shape index (κ1) is 11.1. The first-order chi connectivity index (χ1) is 7.61. The van der Waals surface area contributed by atoms with Crippen LogP contribution >= 0.6 is 11.3 Å². The summed E-state index contributed by atoms with van der Waals surface area (Å²) in [6.07, 6.45) is 0.760. The second-order valence-electron chi connectivity index (χ2n) is 3.95. The highest BCUT2D eigenvalue weighted by atomic mass is 32.1. The second kappa shape index (κ2) is 4.25. The Morgan fingerprint density at radius 3 is 2.94 bits per heavy atom. The zero-order chi connectivity index (χ0) is 11.7. The first-order valence-electron chi connectivity index (χ1n) is 5.13. The van der Waals surface area contributed by atoms with Crippen molar-refractivity contribution < 1.29 is 14.7 Å². The Bertz CT molecular complexity index is 401. The second-order valence-corrected chi connectivity index (χ2v) is 4.93. The van der Waals surface area contributed by atoms with Crippen molar-refractivity contribution >= 4 is 23.2 Å². The van der Waals surface area contributed by atoms with Crippen molar-refractivity contribution in [1.82, 2.24) is 4.90 Å². The molecule has 1 fully saturated rings. The Hall–Kier alpha value is -1.36. The summed E-state index contributed by atoms with van der Waals surface area (Å²) in [4.78, 5) is 25.3. The van der Waals surface area contributed by atoms with Crippen LogP contribution in [0.4, 0.5) is 0 Å². The summed E-state index contributed by atoms with van der Waals surface area (Å²) < 4.78 is 0. The Morgan fingerprint density at radius 1 is 1.62 bits per heavy atom. The van der Waals surface area contributed by atoms with Crippen LogP contribution in [-0.4, -0.2) is 28.9 Å². The van der Waals surface area contributed by atoms with Crippen molar-refractivity contribution in [2.24, 2.45) is 5.92 Å². The molecule has 5 heteroatoms. The lowest BCUT2D eigenvalue weighted by Crippen LogP contribution is -2.42. The molecular formula is C11H13NO3S. The van der Waals surface area contributed by atoms with E-state index in [0.29, 0.717) is 12.8 Å². The van der Waals surface area contributed by atoms with Gasteiger partial charge in [0.25, 0.3) is 0 Å². The highest BCUT2D eigenvalue weighted by Gasteiger charge is 2.39. The summed E-state index contributed by atoms with van der Waals surface area (Å²) in [5.74, 6) is -1.28. The van der Waals surface area contributed by atoms with Crippen LogP contribution in [-0.2, 0) is 9.59 Å². The molecule has 0 unspecified atom stereocenters. The fourth-order valence-electron chi connectivity index (χ4n) is 2.15. The third-order valence-electron chi connectivity index (χ3n) is 3.01. The number of thiophene rings is 1. The van der Waals surface area contributed by atoms with Gasteiger partial charge in [0.15, 0.2) is 0 Å². The first-order valence-corrected chi connectivity index (χ1v) is 6.01. The minimum absolute atomic E-state index is 0.0240. The van der Waals surface area contributed by atoms with E-state index in [0.717, 1.165) is 4.88 Å². The Balaban J connectivity index is 2.34. The van der Waals surface area contributed by atoms with Crippen molar-refractivity contribution in [2.45, 2.75) is 18.9 Å². The van der Waals surface area contributed by atoms with Crippen LogP contribution < -0.4 is 0 Å². The fraction of sp³-hybridized carbons (Fsp3) is 0.455. The van der Waals surface area contributed by atoms with E-state index in [2.05, 4.69) is 0 Å². The molecule has 4 nitrogen and oxygen atoms in total. The third-order valence-corrected chi connectivity index (χ3v) is 3.96. The van der Waals surface area contributed by atoms with E-state index in [4.69, 9.17) is 0 Å².